The van der Waals surface area contributed by atoms with Crippen molar-refractivity contribution in [2.24, 2.45) is 11.7 Å². The van der Waals surface area contributed by atoms with Crippen LogP contribution in [0.3, 0.4) is 0 Å². The number of nitro groups is 1. The highest BCUT2D eigenvalue weighted by molar-refractivity contribution is 5.93. The van der Waals surface area contributed by atoms with Gasteiger partial charge >= 0.3 is 0 Å². The lowest BCUT2D eigenvalue weighted by Crippen LogP contribution is -2.49. The summed E-state index contributed by atoms with van der Waals surface area (Å²) in [6, 6.07) is 1.34. The van der Waals surface area contributed by atoms with E-state index in [-0.39, 0.29) is 17.6 Å². The molecule has 0 bridgehead atoms. The minimum absolute atomic E-state index is 0.0257. The Kier molecular flexibility index (Phi) is 4.62. The van der Waals surface area contributed by atoms with Crippen molar-refractivity contribution in [1.29, 1.82) is 0 Å². The standard InChI is InChI=1S/C14H22N4O3/c1-3-4-16-9-12(18(20)21)6-13(16)14(19)17-7-10(2)5-11(15)8-17/h6,9-11H,3-5,7-8,15H2,1-2H3. The van der Waals surface area contributed by atoms with Gasteiger partial charge in [-0.05, 0) is 18.8 Å². The predicted molar refractivity (Wildman–Crippen MR) is 79.0 cm³/mol. The maximum atomic E-state index is 12.6. The quantitative estimate of drug-likeness (QED) is 0.674. The molecule has 1 saturated heterocycles. The molecule has 1 fully saturated rings. The first-order valence-corrected chi connectivity index (χ1v) is 7.31. The topological polar surface area (TPSA) is 94.4 Å². The zero-order valence-corrected chi connectivity index (χ0v) is 12.5. The zero-order valence-electron chi connectivity index (χ0n) is 12.5. The van der Waals surface area contributed by atoms with Gasteiger partial charge in [0.1, 0.15) is 5.69 Å². The van der Waals surface area contributed by atoms with E-state index in [2.05, 4.69) is 6.92 Å². The van der Waals surface area contributed by atoms with Crippen LogP contribution in [0.15, 0.2) is 12.3 Å². The molecule has 116 valence electrons. The Hall–Kier alpha value is -1.89. The minimum Gasteiger partial charge on any atom is -0.337 e. The molecule has 2 atom stereocenters. The largest absolute Gasteiger partial charge is 0.337 e. The molecule has 0 aromatic carbocycles. The van der Waals surface area contributed by atoms with Gasteiger partial charge in [0.05, 0.1) is 11.1 Å². The second kappa shape index (κ2) is 6.26. The van der Waals surface area contributed by atoms with E-state index >= 15 is 0 Å². The Morgan fingerprint density at radius 3 is 2.81 bits per heavy atom. The maximum Gasteiger partial charge on any atom is 0.287 e. The minimum atomic E-state index is -0.465. The molecule has 2 unspecified atom stereocenters. The summed E-state index contributed by atoms with van der Waals surface area (Å²) in [5.74, 6) is 0.181. The van der Waals surface area contributed by atoms with Crippen LogP contribution in [0.4, 0.5) is 5.69 Å². The third-order valence-corrected chi connectivity index (χ3v) is 3.76. The number of carbonyl (C=O) groups is 1. The molecule has 21 heavy (non-hydrogen) atoms. The first-order valence-electron chi connectivity index (χ1n) is 7.31. The van der Waals surface area contributed by atoms with Crippen molar-refractivity contribution in [2.75, 3.05) is 13.1 Å². The van der Waals surface area contributed by atoms with Gasteiger partial charge in [0.2, 0.25) is 0 Å². The summed E-state index contributed by atoms with van der Waals surface area (Å²) < 4.78 is 1.67. The highest BCUT2D eigenvalue weighted by Crippen LogP contribution is 2.22. The number of amides is 1. The Bertz CT molecular complexity index is 530. The second-order valence-corrected chi connectivity index (χ2v) is 5.85. The molecule has 0 aliphatic carbocycles. The highest BCUT2D eigenvalue weighted by Gasteiger charge is 2.29. The van der Waals surface area contributed by atoms with Crippen LogP contribution in [0.2, 0.25) is 0 Å². The summed E-state index contributed by atoms with van der Waals surface area (Å²) >= 11 is 0. The number of carbonyl (C=O) groups excluding carboxylic acids is 1. The van der Waals surface area contributed by atoms with Crippen LogP contribution in [0, 0.1) is 16.0 Å². The predicted octanol–water partition coefficient (Wildman–Crippen LogP) is 1.62. The molecule has 1 aliphatic heterocycles. The van der Waals surface area contributed by atoms with Gasteiger partial charge in [0.25, 0.3) is 11.6 Å². The number of rotatable bonds is 4. The number of nitrogens with zero attached hydrogens (tertiary/aromatic N) is 3. The molecular formula is C14H22N4O3. The normalized spacial score (nSPS) is 22.3. The first kappa shape index (κ1) is 15.5. The third-order valence-electron chi connectivity index (χ3n) is 3.76. The molecule has 1 aliphatic rings. The SMILES string of the molecule is CCCn1cc([N+](=O)[O-])cc1C(=O)N1CC(C)CC(N)C1. The summed E-state index contributed by atoms with van der Waals surface area (Å²) in [5.41, 5.74) is 6.31. The van der Waals surface area contributed by atoms with Gasteiger partial charge in [0, 0.05) is 31.7 Å². The molecule has 2 heterocycles. The summed E-state index contributed by atoms with van der Waals surface area (Å²) in [4.78, 5) is 24.8. The number of nitrogens with two attached hydrogens (primary N) is 1. The molecule has 7 nitrogen and oxygen atoms in total. The van der Waals surface area contributed by atoms with Crippen LogP contribution in [-0.2, 0) is 6.54 Å². The van der Waals surface area contributed by atoms with E-state index in [1.54, 1.807) is 9.47 Å². The lowest BCUT2D eigenvalue weighted by molar-refractivity contribution is -0.384. The molecule has 0 spiro atoms. The lowest BCUT2D eigenvalue weighted by Gasteiger charge is -2.34. The van der Waals surface area contributed by atoms with Crippen molar-refractivity contribution in [1.82, 2.24) is 9.47 Å². The van der Waals surface area contributed by atoms with Crippen molar-refractivity contribution < 1.29 is 9.72 Å². The van der Waals surface area contributed by atoms with E-state index < -0.39 is 4.92 Å². The highest BCUT2D eigenvalue weighted by atomic mass is 16.6. The lowest BCUT2D eigenvalue weighted by atomic mass is 9.96. The number of aryl methyl sites for hydroxylation is 1. The van der Waals surface area contributed by atoms with Gasteiger partial charge in [-0.3, -0.25) is 14.9 Å². The van der Waals surface area contributed by atoms with E-state index in [1.807, 2.05) is 6.92 Å². The Balaban J connectivity index is 2.26. The van der Waals surface area contributed by atoms with E-state index in [0.29, 0.717) is 31.2 Å². The summed E-state index contributed by atoms with van der Waals surface area (Å²) in [6.45, 7) is 5.78. The summed E-state index contributed by atoms with van der Waals surface area (Å²) in [5, 5.41) is 10.9. The molecule has 1 aromatic heterocycles. The Labute approximate surface area is 123 Å². The average molecular weight is 294 g/mol. The fraction of sp³-hybridized carbons (Fsp3) is 0.643. The van der Waals surface area contributed by atoms with E-state index in [9.17, 15) is 14.9 Å². The Morgan fingerprint density at radius 1 is 1.52 bits per heavy atom. The molecule has 2 rings (SSSR count). The molecular weight excluding hydrogens is 272 g/mol. The first-order chi connectivity index (χ1) is 9.92. The molecule has 2 N–H and O–H groups in total. The molecule has 1 amide bonds. The zero-order chi connectivity index (χ0) is 15.6. The maximum absolute atomic E-state index is 12.6. The van der Waals surface area contributed by atoms with Crippen molar-refractivity contribution in [3.8, 4) is 0 Å². The molecule has 1 aromatic rings. The fourth-order valence-corrected chi connectivity index (χ4v) is 2.93. The van der Waals surface area contributed by atoms with Gasteiger partial charge in [-0.25, -0.2) is 0 Å². The van der Waals surface area contributed by atoms with Crippen LogP contribution in [-0.4, -0.2) is 39.4 Å². The summed E-state index contributed by atoms with van der Waals surface area (Å²) in [6.07, 6.45) is 3.14. The van der Waals surface area contributed by atoms with Crippen molar-refractivity contribution in [3.05, 3.63) is 28.1 Å². The van der Waals surface area contributed by atoms with E-state index in [0.717, 1.165) is 12.8 Å². The number of hydrogen-bond donors (Lipinski definition) is 1. The molecule has 0 saturated carbocycles. The average Bonchev–Trinajstić information content (AvgIpc) is 2.81. The second-order valence-electron chi connectivity index (χ2n) is 5.85. The van der Waals surface area contributed by atoms with Gasteiger partial charge < -0.3 is 15.2 Å². The van der Waals surface area contributed by atoms with Crippen molar-refractivity contribution in [3.63, 3.8) is 0 Å². The van der Waals surface area contributed by atoms with Crippen LogP contribution in [0.25, 0.3) is 0 Å². The van der Waals surface area contributed by atoms with Gasteiger partial charge in [-0.15, -0.1) is 0 Å². The monoisotopic (exact) mass is 294 g/mol. The van der Waals surface area contributed by atoms with Gasteiger partial charge in [-0.2, -0.15) is 0 Å². The van der Waals surface area contributed by atoms with Crippen LogP contribution >= 0.6 is 0 Å². The van der Waals surface area contributed by atoms with Gasteiger partial charge in [-0.1, -0.05) is 13.8 Å². The molecule has 7 heteroatoms. The van der Waals surface area contributed by atoms with Crippen molar-refractivity contribution >= 4 is 11.6 Å². The number of likely N-dealkylation sites (tertiary alicyclic amines) is 1. The number of aromatic nitrogens is 1. The van der Waals surface area contributed by atoms with E-state index in [1.165, 1.54) is 12.3 Å². The van der Waals surface area contributed by atoms with Gasteiger partial charge in [0.15, 0.2) is 0 Å². The number of piperidine rings is 1. The van der Waals surface area contributed by atoms with Crippen LogP contribution in [0.1, 0.15) is 37.2 Å². The van der Waals surface area contributed by atoms with E-state index in [4.69, 9.17) is 5.73 Å². The number of hydrogen-bond acceptors (Lipinski definition) is 4. The Morgan fingerprint density at radius 2 is 2.24 bits per heavy atom. The van der Waals surface area contributed by atoms with Crippen molar-refractivity contribution in [2.45, 2.75) is 39.3 Å². The van der Waals surface area contributed by atoms with Crippen LogP contribution < -0.4 is 5.73 Å². The third kappa shape index (κ3) is 3.41. The summed E-state index contributed by atoms with van der Waals surface area (Å²) in [7, 11) is 0. The fourth-order valence-electron chi connectivity index (χ4n) is 2.93. The van der Waals surface area contributed by atoms with Crippen LogP contribution in [0.5, 0.6) is 0 Å². The molecule has 0 radical (unpaired) electrons. The smallest absolute Gasteiger partial charge is 0.287 e.